The highest BCUT2D eigenvalue weighted by molar-refractivity contribution is 6.16. The van der Waals surface area contributed by atoms with Crippen LogP contribution < -0.4 is 4.74 Å². The SMILES string of the molecule is ClCc1cccc(OCCCc2ccccc2)n1. The Hall–Kier alpha value is -1.54. The topological polar surface area (TPSA) is 22.1 Å². The third kappa shape index (κ3) is 4.04. The summed E-state index contributed by atoms with van der Waals surface area (Å²) in [4.78, 5) is 4.28. The first-order valence-corrected chi connectivity index (χ1v) is 6.60. The van der Waals surface area contributed by atoms with Crippen molar-refractivity contribution in [3.63, 3.8) is 0 Å². The molecule has 2 nitrogen and oxygen atoms in total. The van der Waals surface area contributed by atoms with Crippen molar-refractivity contribution in [2.24, 2.45) is 0 Å². The maximum Gasteiger partial charge on any atom is 0.213 e. The van der Waals surface area contributed by atoms with Gasteiger partial charge in [-0.05, 0) is 24.5 Å². The van der Waals surface area contributed by atoms with E-state index in [-0.39, 0.29) is 0 Å². The van der Waals surface area contributed by atoms with Crippen LogP contribution in [0.15, 0.2) is 48.5 Å². The number of halogens is 1. The summed E-state index contributed by atoms with van der Waals surface area (Å²) in [5.41, 5.74) is 2.18. The lowest BCUT2D eigenvalue weighted by molar-refractivity contribution is 0.298. The molecule has 0 unspecified atom stereocenters. The van der Waals surface area contributed by atoms with Gasteiger partial charge in [-0.15, -0.1) is 11.6 Å². The molecule has 3 heteroatoms. The van der Waals surface area contributed by atoms with Gasteiger partial charge in [-0.25, -0.2) is 4.98 Å². The third-order valence-electron chi connectivity index (χ3n) is 2.62. The second-order valence-electron chi connectivity index (χ2n) is 4.04. The van der Waals surface area contributed by atoms with Crippen LogP contribution in [0.3, 0.4) is 0 Å². The van der Waals surface area contributed by atoms with Crippen molar-refractivity contribution in [2.75, 3.05) is 6.61 Å². The van der Waals surface area contributed by atoms with Crippen LogP contribution in [-0.2, 0) is 12.3 Å². The molecule has 0 aliphatic carbocycles. The van der Waals surface area contributed by atoms with E-state index in [0.717, 1.165) is 18.5 Å². The molecule has 2 aromatic rings. The van der Waals surface area contributed by atoms with Gasteiger partial charge in [-0.1, -0.05) is 36.4 Å². The van der Waals surface area contributed by atoms with E-state index in [9.17, 15) is 0 Å². The summed E-state index contributed by atoms with van der Waals surface area (Å²) >= 11 is 5.72. The Labute approximate surface area is 113 Å². The maximum absolute atomic E-state index is 5.72. The molecular weight excluding hydrogens is 246 g/mol. The van der Waals surface area contributed by atoms with Crippen molar-refractivity contribution in [1.29, 1.82) is 0 Å². The molecule has 0 fully saturated rings. The van der Waals surface area contributed by atoms with Gasteiger partial charge in [-0.2, -0.15) is 0 Å². The summed E-state index contributed by atoms with van der Waals surface area (Å²) in [6, 6.07) is 16.1. The first-order valence-electron chi connectivity index (χ1n) is 6.07. The predicted molar refractivity (Wildman–Crippen MR) is 74.1 cm³/mol. The first kappa shape index (κ1) is 12.9. The van der Waals surface area contributed by atoms with Crippen molar-refractivity contribution >= 4 is 11.6 Å². The number of rotatable bonds is 6. The van der Waals surface area contributed by atoms with E-state index in [1.54, 1.807) is 0 Å². The summed E-state index contributed by atoms with van der Waals surface area (Å²) in [6.45, 7) is 0.674. The molecule has 18 heavy (non-hydrogen) atoms. The van der Waals surface area contributed by atoms with E-state index < -0.39 is 0 Å². The van der Waals surface area contributed by atoms with Gasteiger partial charge >= 0.3 is 0 Å². The number of hydrogen-bond acceptors (Lipinski definition) is 2. The van der Waals surface area contributed by atoms with Gasteiger partial charge in [0.2, 0.25) is 5.88 Å². The van der Waals surface area contributed by atoms with E-state index in [2.05, 4.69) is 29.2 Å². The Kier molecular flexibility index (Phi) is 5.03. The zero-order valence-electron chi connectivity index (χ0n) is 10.2. The highest BCUT2D eigenvalue weighted by Gasteiger charge is 1.98. The van der Waals surface area contributed by atoms with Gasteiger partial charge < -0.3 is 4.74 Å². The molecule has 0 aliphatic heterocycles. The Morgan fingerprint density at radius 1 is 1.00 bits per heavy atom. The number of alkyl halides is 1. The van der Waals surface area contributed by atoms with E-state index in [0.29, 0.717) is 18.4 Å². The van der Waals surface area contributed by atoms with Crippen molar-refractivity contribution < 1.29 is 4.74 Å². The van der Waals surface area contributed by atoms with Crippen LogP contribution in [0.5, 0.6) is 5.88 Å². The second-order valence-corrected chi connectivity index (χ2v) is 4.31. The smallest absolute Gasteiger partial charge is 0.213 e. The molecule has 1 heterocycles. The number of aryl methyl sites for hydroxylation is 1. The van der Waals surface area contributed by atoms with Crippen LogP contribution in [0.25, 0.3) is 0 Å². The molecule has 0 amide bonds. The molecule has 1 aromatic carbocycles. The Morgan fingerprint density at radius 3 is 2.61 bits per heavy atom. The molecule has 0 saturated carbocycles. The van der Waals surface area contributed by atoms with Gasteiger partial charge in [0.25, 0.3) is 0 Å². The fraction of sp³-hybridized carbons (Fsp3) is 0.267. The molecule has 0 aliphatic rings. The van der Waals surface area contributed by atoms with E-state index in [1.807, 2.05) is 24.3 Å². The zero-order valence-corrected chi connectivity index (χ0v) is 10.9. The largest absolute Gasteiger partial charge is 0.478 e. The molecule has 0 radical (unpaired) electrons. The Morgan fingerprint density at radius 2 is 1.83 bits per heavy atom. The van der Waals surface area contributed by atoms with E-state index in [1.165, 1.54) is 5.56 Å². The lowest BCUT2D eigenvalue weighted by Gasteiger charge is -2.06. The minimum Gasteiger partial charge on any atom is -0.478 e. The van der Waals surface area contributed by atoms with E-state index in [4.69, 9.17) is 16.3 Å². The summed E-state index contributed by atoms with van der Waals surface area (Å²) in [7, 11) is 0. The molecule has 1 aromatic heterocycles. The molecule has 2 rings (SSSR count). The van der Waals surface area contributed by atoms with E-state index >= 15 is 0 Å². The van der Waals surface area contributed by atoms with Crippen LogP contribution in [0.2, 0.25) is 0 Å². The zero-order chi connectivity index (χ0) is 12.6. The molecular formula is C15H16ClNO. The second kappa shape index (κ2) is 7.02. The molecule has 0 spiro atoms. The molecule has 0 saturated heterocycles. The quantitative estimate of drug-likeness (QED) is 0.582. The van der Waals surface area contributed by atoms with Crippen LogP contribution in [0.1, 0.15) is 17.7 Å². The van der Waals surface area contributed by atoms with Crippen molar-refractivity contribution in [3.05, 3.63) is 59.8 Å². The number of pyridine rings is 1. The highest BCUT2D eigenvalue weighted by Crippen LogP contribution is 2.10. The van der Waals surface area contributed by atoms with Gasteiger partial charge in [-0.3, -0.25) is 0 Å². The van der Waals surface area contributed by atoms with Gasteiger partial charge in [0.05, 0.1) is 18.2 Å². The predicted octanol–water partition coefficient (Wildman–Crippen LogP) is 3.83. The summed E-state index contributed by atoms with van der Waals surface area (Å²) in [5, 5.41) is 0. The van der Waals surface area contributed by atoms with Crippen LogP contribution in [-0.4, -0.2) is 11.6 Å². The normalized spacial score (nSPS) is 10.3. The van der Waals surface area contributed by atoms with Gasteiger partial charge in [0.1, 0.15) is 0 Å². The lowest BCUT2D eigenvalue weighted by Crippen LogP contribution is -2.01. The van der Waals surface area contributed by atoms with Crippen molar-refractivity contribution in [2.45, 2.75) is 18.7 Å². The number of aromatic nitrogens is 1. The maximum atomic E-state index is 5.72. The van der Waals surface area contributed by atoms with Crippen molar-refractivity contribution in [1.82, 2.24) is 4.98 Å². The first-order chi connectivity index (χ1) is 8.88. The summed E-state index contributed by atoms with van der Waals surface area (Å²) < 4.78 is 5.60. The lowest BCUT2D eigenvalue weighted by atomic mass is 10.1. The number of hydrogen-bond donors (Lipinski definition) is 0. The van der Waals surface area contributed by atoms with Crippen LogP contribution >= 0.6 is 11.6 Å². The van der Waals surface area contributed by atoms with Crippen LogP contribution in [0, 0.1) is 0 Å². The average Bonchev–Trinajstić information content (AvgIpc) is 2.45. The summed E-state index contributed by atoms with van der Waals surface area (Å²) in [5.74, 6) is 1.07. The molecule has 0 atom stereocenters. The molecule has 94 valence electrons. The average molecular weight is 262 g/mol. The monoisotopic (exact) mass is 261 g/mol. The van der Waals surface area contributed by atoms with Gasteiger partial charge in [0.15, 0.2) is 0 Å². The minimum absolute atomic E-state index is 0.418. The Balaban J connectivity index is 1.75. The highest BCUT2D eigenvalue weighted by atomic mass is 35.5. The molecule has 0 N–H and O–H groups in total. The van der Waals surface area contributed by atoms with Crippen LogP contribution in [0.4, 0.5) is 0 Å². The third-order valence-corrected chi connectivity index (χ3v) is 2.89. The standard InChI is InChI=1S/C15H16ClNO/c16-12-14-9-4-10-15(17-14)18-11-5-8-13-6-2-1-3-7-13/h1-4,6-7,9-10H,5,8,11-12H2. The fourth-order valence-corrected chi connectivity index (χ4v) is 1.86. The summed E-state index contributed by atoms with van der Waals surface area (Å²) in [6.07, 6.45) is 2.01. The fourth-order valence-electron chi connectivity index (χ4n) is 1.71. The number of nitrogens with zero attached hydrogens (tertiary/aromatic N) is 1. The number of ether oxygens (including phenoxy) is 1. The van der Waals surface area contributed by atoms with Crippen molar-refractivity contribution in [3.8, 4) is 5.88 Å². The minimum atomic E-state index is 0.418. The number of benzene rings is 1. The Bertz CT molecular complexity index is 473. The molecule has 0 bridgehead atoms. The van der Waals surface area contributed by atoms with Gasteiger partial charge in [0, 0.05) is 6.07 Å².